The van der Waals surface area contributed by atoms with Crippen molar-refractivity contribution in [2.45, 2.75) is 19.9 Å². The Kier molecular flexibility index (Phi) is 5.58. The van der Waals surface area contributed by atoms with Gasteiger partial charge in [0.1, 0.15) is 23.1 Å². The van der Waals surface area contributed by atoms with Gasteiger partial charge < -0.3 is 14.8 Å². The van der Waals surface area contributed by atoms with Crippen molar-refractivity contribution in [2.24, 2.45) is 0 Å². The topological polar surface area (TPSA) is 78.3 Å². The SMILES string of the molecule is COc1ccc(OC)c(C(C)NC(=O)c2nc(C)n(-c3ccc(F)cc3)n2)c1. The van der Waals surface area contributed by atoms with Crippen LogP contribution in [-0.2, 0) is 0 Å². The quantitative estimate of drug-likeness (QED) is 0.706. The smallest absolute Gasteiger partial charge is 0.291 e. The number of ether oxygens (including phenoxy) is 2. The predicted molar refractivity (Wildman–Crippen MR) is 101 cm³/mol. The molecule has 1 unspecified atom stereocenters. The molecule has 1 atom stereocenters. The highest BCUT2D eigenvalue weighted by atomic mass is 19.1. The second-order valence-electron chi connectivity index (χ2n) is 6.17. The maximum atomic E-state index is 13.1. The van der Waals surface area contributed by atoms with Crippen LogP contribution in [0.15, 0.2) is 42.5 Å². The van der Waals surface area contributed by atoms with Gasteiger partial charge in [-0.3, -0.25) is 4.79 Å². The number of amides is 1. The summed E-state index contributed by atoms with van der Waals surface area (Å²) in [6, 6.07) is 10.8. The van der Waals surface area contributed by atoms with Gasteiger partial charge in [-0.15, -0.1) is 5.10 Å². The Labute approximate surface area is 162 Å². The Hall–Kier alpha value is -3.42. The molecule has 3 aromatic rings. The van der Waals surface area contributed by atoms with E-state index in [2.05, 4.69) is 15.4 Å². The van der Waals surface area contributed by atoms with Crippen molar-refractivity contribution in [2.75, 3.05) is 14.2 Å². The monoisotopic (exact) mass is 384 g/mol. The lowest BCUT2D eigenvalue weighted by Crippen LogP contribution is -2.28. The third-order valence-electron chi connectivity index (χ3n) is 4.29. The highest BCUT2D eigenvalue weighted by Gasteiger charge is 2.20. The first-order chi connectivity index (χ1) is 13.4. The maximum absolute atomic E-state index is 13.1. The third kappa shape index (κ3) is 3.95. The van der Waals surface area contributed by atoms with Crippen LogP contribution in [0.2, 0.25) is 0 Å². The lowest BCUT2D eigenvalue weighted by Gasteiger charge is -2.17. The molecule has 0 bridgehead atoms. The van der Waals surface area contributed by atoms with E-state index < -0.39 is 5.91 Å². The molecule has 0 aliphatic heterocycles. The minimum absolute atomic E-state index is 0.0236. The molecule has 0 saturated heterocycles. The number of carbonyl (C=O) groups is 1. The van der Waals surface area contributed by atoms with Crippen LogP contribution in [0.4, 0.5) is 4.39 Å². The second-order valence-corrected chi connectivity index (χ2v) is 6.17. The van der Waals surface area contributed by atoms with E-state index in [0.29, 0.717) is 23.0 Å². The molecule has 1 N–H and O–H groups in total. The van der Waals surface area contributed by atoms with Crippen LogP contribution in [0.1, 0.15) is 35.0 Å². The zero-order chi connectivity index (χ0) is 20.3. The lowest BCUT2D eigenvalue weighted by atomic mass is 10.1. The van der Waals surface area contributed by atoms with E-state index in [1.165, 1.54) is 16.8 Å². The van der Waals surface area contributed by atoms with Gasteiger partial charge in [-0.05, 0) is 56.3 Å². The summed E-state index contributed by atoms with van der Waals surface area (Å²) in [6.07, 6.45) is 0. The molecule has 0 saturated carbocycles. The largest absolute Gasteiger partial charge is 0.497 e. The number of methoxy groups -OCH3 is 2. The number of halogens is 1. The van der Waals surface area contributed by atoms with Crippen molar-refractivity contribution < 1.29 is 18.7 Å². The number of nitrogens with zero attached hydrogens (tertiary/aromatic N) is 3. The molecule has 0 aliphatic rings. The maximum Gasteiger partial charge on any atom is 0.291 e. The predicted octanol–water partition coefficient (Wildman–Crippen LogP) is 3.22. The molecule has 7 nitrogen and oxygen atoms in total. The van der Waals surface area contributed by atoms with E-state index in [1.54, 1.807) is 51.5 Å². The number of nitrogens with one attached hydrogen (secondary N) is 1. The van der Waals surface area contributed by atoms with Crippen LogP contribution in [-0.4, -0.2) is 34.9 Å². The van der Waals surface area contributed by atoms with E-state index in [9.17, 15) is 9.18 Å². The average molecular weight is 384 g/mol. The molecule has 1 aromatic heterocycles. The van der Waals surface area contributed by atoms with Gasteiger partial charge in [0.2, 0.25) is 5.82 Å². The van der Waals surface area contributed by atoms with Crippen LogP contribution >= 0.6 is 0 Å². The first kappa shape index (κ1) is 19.3. The highest BCUT2D eigenvalue weighted by molar-refractivity contribution is 5.90. The van der Waals surface area contributed by atoms with Crippen LogP contribution < -0.4 is 14.8 Å². The van der Waals surface area contributed by atoms with E-state index in [1.807, 2.05) is 6.92 Å². The Balaban J connectivity index is 1.82. The number of rotatable bonds is 6. The van der Waals surface area contributed by atoms with Gasteiger partial charge in [0.15, 0.2) is 0 Å². The van der Waals surface area contributed by atoms with Crippen LogP contribution in [0.5, 0.6) is 11.5 Å². The first-order valence-electron chi connectivity index (χ1n) is 8.65. The molecular weight excluding hydrogens is 363 g/mol. The van der Waals surface area contributed by atoms with Crippen molar-refractivity contribution >= 4 is 5.91 Å². The zero-order valence-electron chi connectivity index (χ0n) is 16.1. The summed E-state index contributed by atoms with van der Waals surface area (Å²) in [5.41, 5.74) is 1.39. The fraction of sp³-hybridized carbons (Fsp3) is 0.250. The van der Waals surface area contributed by atoms with Crippen molar-refractivity contribution in [3.05, 3.63) is 65.5 Å². The van der Waals surface area contributed by atoms with E-state index in [0.717, 1.165) is 5.56 Å². The summed E-state index contributed by atoms with van der Waals surface area (Å²) in [5.74, 6) is 1.06. The van der Waals surface area contributed by atoms with Crippen molar-refractivity contribution in [1.82, 2.24) is 20.1 Å². The Bertz CT molecular complexity index is 986. The zero-order valence-corrected chi connectivity index (χ0v) is 16.1. The molecule has 2 aromatic carbocycles. The minimum atomic E-state index is -0.429. The summed E-state index contributed by atoms with van der Waals surface area (Å²) in [4.78, 5) is 16.9. The molecule has 0 spiro atoms. The number of aryl methyl sites for hydroxylation is 1. The van der Waals surface area contributed by atoms with Crippen LogP contribution in [0.25, 0.3) is 5.69 Å². The van der Waals surface area contributed by atoms with Gasteiger partial charge in [0.25, 0.3) is 5.91 Å². The van der Waals surface area contributed by atoms with Crippen molar-refractivity contribution in [3.63, 3.8) is 0 Å². The first-order valence-corrected chi connectivity index (χ1v) is 8.65. The minimum Gasteiger partial charge on any atom is -0.497 e. The average Bonchev–Trinajstić information content (AvgIpc) is 3.09. The van der Waals surface area contributed by atoms with Crippen molar-refractivity contribution in [3.8, 4) is 17.2 Å². The van der Waals surface area contributed by atoms with Crippen LogP contribution in [0, 0.1) is 12.7 Å². The number of hydrogen-bond acceptors (Lipinski definition) is 5. The van der Waals surface area contributed by atoms with Gasteiger partial charge in [-0.2, -0.15) is 0 Å². The highest BCUT2D eigenvalue weighted by Crippen LogP contribution is 2.29. The molecule has 1 amide bonds. The van der Waals surface area contributed by atoms with Gasteiger partial charge >= 0.3 is 0 Å². The number of hydrogen-bond donors (Lipinski definition) is 1. The fourth-order valence-corrected chi connectivity index (χ4v) is 2.83. The molecule has 0 radical (unpaired) electrons. The lowest BCUT2D eigenvalue weighted by molar-refractivity contribution is 0.0929. The molecular formula is C20H21FN4O3. The number of carbonyl (C=O) groups excluding carboxylic acids is 1. The number of benzene rings is 2. The summed E-state index contributed by atoms with van der Waals surface area (Å²) < 4.78 is 25.2. The molecule has 3 rings (SSSR count). The van der Waals surface area contributed by atoms with E-state index in [4.69, 9.17) is 9.47 Å². The standard InChI is InChI=1S/C20H21FN4O3/c1-12(17-11-16(27-3)9-10-18(17)28-4)22-20(26)19-23-13(2)25(24-19)15-7-5-14(21)6-8-15/h5-12H,1-4H3,(H,22,26). The van der Waals surface area contributed by atoms with Crippen LogP contribution in [0.3, 0.4) is 0 Å². The number of aromatic nitrogens is 3. The Morgan fingerprint density at radius 1 is 1.14 bits per heavy atom. The summed E-state index contributed by atoms with van der Waals surface area (Å²) >= 11 is 0. The van der Waals surface area contributed by atoms with E-state index >= 15 is 0 Å². The second kappa shape index (κ2) is 8.08. The van der Waals surface area contributed by atoms with Gasteiger partial charge in [-0.25, -0.2) is 14.1 Å². The van der Waals surface area contributed by atoms with Gasteiger partial charge in [0, 0.05) is 5.56 Å². The molecule has 0 fully saturated rings. The third-order valence-corrected chi connectivity index (χ3v) is 4.29. The molecule has 0 aliphatic carbocycles. The van der Waals surface area contributed by atoms with Crippen molar-refractivity contribution in [1.29, 1.82) is 0 Å². The fourth-order valence-electron chi connectivity index (χ4n) is 2.83. The molecule has 8 heteroatoms. The molecule has 28 heavy (non-hydrogen) atoms. The van der Waals surface area contributed by atoms with Gasteiger partial charge in [0.05, 0.1) is 25.9 Å². The summed E-state index contributed by atoms with van der Waals surface area (Å²) in [5, 5.41) is 7.11. The summed E-state index contributed by atoms with van der Waals surface area (Å²) in [6.45, 7) is 3.56. The normalized spacial score (nSPS) is 11.8. The van der Waals surface area contributed by atoms with E-state index in [-0.39, 0.29) is 17.7 Å². The molecule has 1 heterocycles. The summed E-state index contributed by atoms with van der Waals surface area (Å²) in [7, 11) is 3.14. The molecule has 146 valence electrons. The Morgan fingerprint density at radius 3 is 2.50 bits per heavy atom. The Morgan fingerprint density at radius 2 is 1.86 bits per heavy atom. The van der Waals surface area contributed by atoms with Gasteiger partial charge in [-0.1, -0.05) is 0 Å².